The maximum absolute atomic E-state index is 13.3. The number of carbonyl (C=O) groups is 2. The molecule has 2 aromatic rings. The molecule has 0 aliphatic rings. The monoisotopic (exact) mass is 434 g/mol. The largest absolute Gasteiger partial charge is 0.493 e. The van der Waals surface area contributed by atoms with Gasteiger partial charge >= 0.3 is 0 Å². The normalized spacial score (nSPS) is 11.7. The summed E-state index contributed by atoms with van der Waals surface area (Å²) in [4.78, 5) is 24.3. The van der Waals surface area contributed by atoms with E-state index in [1.165, 1.54) is 19.2 Å². The summed E-state index contributed by atoms with van der Waals surface area (Å²) in [5.74, 6) is -1.64. The van der Waals surface area contributed by atoms with Gasteiger partial charge in [-0.15, -0.1) is 0 Å². The van der Waals surface area contributed by atoms with Crippen molar-refractivity contribution >= 4 is 11.8 Å². The van der Waals surface area contributed by atoms with E-state index < -0.39 is 11.6 Å². The van der Waals surface area contributed by atoms with Gasteiger partial charge in [0.15, 0.2) is 29.7 Å². The van der Waals surface area contributed by atoms with Crippen molar-refractivity contribution in [1.82, 2.24) is 10.6 Å². The summed E-state index contributed by atoms with van der Waals surface area (Å²) in [5.41, 5.74) is 1.03. The number of rotatable bonds is 10. The molecule has 0 radical (unpaired) electrons. The first-order valence-corrected chi connectivity index (χ1v) is 10.0. The van der Waals surface area contributed by atoms with Crippen LogP contribution in [0.2, 0.25) is 0 Å². The molecule has 2 amide bonds. The molecule has 0 spiro atoms. The second-order valence-electron chi connectivity index (χ2n) is 7.54. The summed E-state index contributed by atoms with van der Waals surface area (Å²) in [6.07, 6.45) is 1.05. The van der Waals surface area contributed by atoms with E-state index in [0.29, 0.717) is 35.5 Å². The SMILES string of the molecule is COc1cc(C(=O)NC(C)CCc2ccc(F)c(F)c2)ccc1OCC(=O)NC(C)C. The Hall–Kier alpha value is -3.16. The Morgan fingerprint density at radius 1 is 0.968 bits per heavy atom. The molecule has 0 saturated heterocycles. The summed E-state index contributed by atoms with van der Waals surface area (Å²) in [7, 11) is 1.45. The molecule has 6 nitrogen and oxygen atoms in total. The van der Waals surface area contributed by atoms with Crippen LogP contribution in [-0.4, -0.2) is 37.6 Å². The minimum Gasteiger partial charge on any atom is -0.493 e. The molecule has 0 fully saturated rings. The van der Waals surface area contributed by atoms with Gasteiger partial charge in [0, 0.05) is 17.6 Å². The highest BCUT2D eigenvalue weighted by Crippen LogP contribution is 2.28. The highest BCUT2D eigenvalue weighted by atomic mass is 19.2. The molecule has 2 N–H and O–H groups in total. The molecule has 8 heteroatoms. The Balaban J connectivity index is 1.93. The molecule has 0 saturated carbocycles. The highest BCUT2D eigenvalue weighted by Gasteiger charge is 2.15. The summed E-state index contributed by atoms with van der Waals surface area (Å²) < 4.78 is 37.1. The molecule has 2 rings (SSSR count). The van der Waals surface area contributed by atoms with Gasteiger partial charge in [-0.25, -0.2) is 8.78 Å². The van der Waals surface area contributed by atoms with E-state index in [-0.39, 0.29) is 30.5 Å². The molecule has 0 aromatic heterocycles. The number of ether oxygens (including phenoxy) is 2. The van der Waals surface area contributed by atoms with Crippen LogP contribution in [0.15, 0.2) is 36.4 Å². The number of halogens is 2. The molecular formula is C23H28F2N2O4. The van der Waals surface area contributed by atoms with E-state index >= 15 is 0 Å². The van der Waals surface area contributed by atoms with Crippen LogP contribution < -0.4 is 20.1 Å². The third kappa shape index (κ3) is 7.55. The minimum atomic E-state index is -0.884. The van der Waals surface area contributed by atoms with Crippen molar-refractivity contribution in [3.05, 3.63) is 59.2 Å². The predicted molar refractivity (Wildman–Crippen MR) is 113 cm³/mol. The third-order valence-electron chi connectivity index (χ3n) is 4.46. The fourth-order valence-electron chi connectivity index (χ4n) is 2.89. The minimum absolute atomic E-state index is 0.00754. The average molecular weight is 434 g/mol. The molecule has 1 unspecified atom stereocenters. The van der Waals surface area contributed by atoms with Crippen molar-refractivity contribution in [2.45, 2.75) is 45.7 Å². The summed E-state index contributed by atoms with van der Waals surface area (Å²) in [6, 6.07) is 8.28. The van der Waals surface area contributed by atoms with Crippen molar-refractivity contribution in [2.24, 2.45) is 0 Å². The van der Waals surface area contributed by atoms with Crippen LogP contribution in [0.4, 0.5) is 8.78 Å². The number of benzene rings is 2. The quantitative estimate of drug-likeness (QED) is 0.599. The fraction of sp³-hybridized carbons (Fsp3) is 0.391. The van der Waals surface area contributed by atoms with Crippen LogP contribution in [0, 0.1) is 11.6 Å². The first kappa shape index (κ1) is 24.1. The molecular weight excluding hydrogens is 406 g/mol. The maximum atomic E-state index is 13.3. The number of methoxy groups -OCH3 is 1. The van der Waals surface area contributed by atoms with Crippen LogP contribution in [0.25, 0.3) is 0 Å². The predicted octanol–water partition coefficient (Wildman–Crippen LogP) is 3.63. The molecule has 0 heterocycles. The zero-order chi connectivity index (χ0) is 23.0. The van der Waals surface area contributed by atoms with Crippen molar-refractivity contribution in [2.75, 3.05) is 13.7 Å². The Kier molecular flexibility index (Phi) is 8.78. The van der Waals surface area contributed by atoms with Crippen LogP contribution in [0.3, 0.4) is 0 Å². The number of amides is 2. The topological polar surface area (TPSA) is 76.7 Å². The lowest BCUT2D eigenvalue weighted by Gasteiger charge is -2.16. The second-order valence-corrected chi connectivity index (χ2v) is 7.54. The van der Waals surface area contributed by atoms with Crippen molar-refractivity contribution in [1.29, 1.82) is 0 Å². The van der Waals surface area contributed by atoms with Gasteiger partial charge in [-0.2, -0.15) is 0 Å². The maximum Gasteiger partial charge on any atom is 0.258 e. The van der Waals surface area contributed by atoms with Crippen LogP contribution in [0.5, 0.6) is 11.5 Å². The lowest BCUT2D eigenvalue weighted by molar-refractivity contribution is -0.123. The first-order valence-electron chi connectivity index (χ1n) is 10.0. The molecule has 2 aromatic carbocycles. The highest BCUT2D eigenvalue weighted by molar-refractivity contribution is 5.95. The van der Waals surface area contributed by atoms with Crippen LogP contribution in [0.1, 0.15) is 43.1 Å². The van der Waals surface area contributed by atoms with Gasteiger partial charge in [-0.3, -0.25) is 9.59 Å². The number of carbonyl (C=O) groups excluding carboxylic acids is 2. The fourth-order valence-corrected chi connectivity index (χ4v) is 2.89. The Bertz CT molecular complexity index is 918. The summed E-state index contributed by atoms with van der Waals surface area (Å²) >= 11 is 0. The van der Waals surface area contributed by atoms with E-state index in [1.807, 2.05) is 20.8 Å². The van der Waals surface area contributed by atoms with Gasteiger partial charge in [-0.05, 0) is 69.5 Å². The number of hydrogen-bond acceptors (Lipinski definition) is 4. The zero-order valence-electron chi connectivity index (χ0n) is 18.1. The smallest absolute Gasteiger partial charge is 0.258 e. The zero-order valence-corrected chi connectivity index (χ0v) is 18.1. The molecule has 0 aliphatic carbocycles. The van der Waals surface area contributed by atoms with Gasteiger partial charge in [0.05, 0.1) is 7.11 Å². The third-order valence-corrected chi connectivity index (χ3v) is 4.46. The number of hydrogen-bond donors (Lipinski definition) is 2. The van der Waals surface area contributed by atoms with Gasteiger partial charge in [0.2, 0.25) is 0 Å². The summed E-state index contributed by atoms with van der Waals surface area (Å²) in [6.45, 7) is 5.37. The van der Waals surface area contributed by atoms with Crippen molar-refractivity contribution in [3.8, 4) is 11.5 Å². The van der Waals surface area contributed by atoms with Gasteiger partial charge in [0.25, 0.3) is 11.8 Å². The van der Waals surface area contributed by atoms with Gasteiger partial charge in [-0.1, -0.05) is 6.07 Å². The van der Waals surface area contributed by atoms with Crippen LogP contribution >= 0.6 is 0 Å². The van der Waals surface area contributed by atoms with E-state index in [9.17, 15) is 18.4 Å². The van der Waals surface area contributed by atoms with E-state index in [0.717, 1.165) is 12.1 Å². The molecule has 0 aliphatic heterocycles. The Morgan fingerprint density at radius 2 is 1.71 bits per heavy atom. The van der Waals surface area contributed by atoms with Crippen molar-refractivity contribution < 1.29 is 27.8 Å². The van der Waals surface area contributed by atoms with Gasteiger partial charge in [0.1, 0.15) is 0 Å². The standard InChI is InChI=1S/C23H28F2N2O4/c1-14(2)26-22(28)13-31-20-10-8-17(12-21(20)30-4)23(29)27-15(3)5-6-16-7-9-18(24)19(25)11-16/h7-12,14-15H,5-6,13H2,1-4H3,(H,26,28)(H,27,29). The average Bonchev–Trinajstić information content (AvgIpc) is 2.72. The van der Waals surface area contributed by atoms with Gasteiger partial charge < -0.3 is 20.1 Å². The number of nitrogens with one attached hydrogen (secondary N) is 2. The Morgan fingerprint density at radius 3 is 2.35 bits per heavy atom. The lowest BCUT2D eigenvalue weighted by Crippen LogP contribution is -2.34. The molecule has 31 heavy (non-hydrogen) atoms. The molecule has 0 bridgehead atoms. The lowest BCUT2D eigenvalue weighted by atomic mass is 10.1. The van der Waals surface area contributed by atoms with Crippen LogP contribution in [-0.2, 0) is 11.2 Å². The second kappa shape index (κ2) is 11.3. The summed E-state index contributed by atoms with van der Waals surface area (Å²) in [5, 5.41) is 5.59. The van der Waals surface area contributed by atoms with Crippen molar-refractivity contribution in [3.63, 3.8) is 0 Å². The van der Waals surface area contributed by atoms with E-state index in [4.69, 9.17) is 9.47 Å². The Labute approximate surface area is 180 Å². The molecule has 1 atom stereocenters. The van der Waals surface area contributed by atoms with E-state index in [1.54, 1.807) is 12.1 Å². The number of aryl methyl sites for hydroxylation is 1. The first-order chi connectivity index (χ1) is 14.7. The molecule has 168 valence electrons. The van der Waals surface area contributed by atoms with E-state index in [2.05, 4.69) is 10.6 Å².